The number of hydrogen-bond donors (Lipinski definition) is 3. The lowest BCUT2D eigenvalue weighted by Crippen LogP contribution is -2.33. The van der Waals surface area contributed by atoms with Crippen LogP contribution in [0.15, 0.2) is 36.4 Å². The second-order valence-electron chi connectivity index (χ2n) is 5.39. The van der Waals surface area contributed by atoms with E-state index in [1.165, 1.54) is 0 Å². The van der Waals surface area contributed by atoms with Crippen molar-refractivity contribution < 1.29 is 19.1 Å². The van der Waals surface area contributed by atoms with E-state index in [0.717, 1.165) is 18.6 Å². The molecule has 0 saturated heterocycles. The standard InChI is InChI=1S/C18H23N3O4S/c1-4-12(3)19-17(24)13-7-6-8-14(11-13)20-18(26)21-15(22)9-10-16(23)25-5-2/h6-12H,4-5H2,1-3H3,(H,19,24)(H2,20,21,22,26)/b10-9+. The van der Waals surface area contributed by atoms with Gasteiger partial charge in [0, 0.05) is 29.4 Å². The number of amides is 2. The van der Waals surface area contributed by atoms with Gasteiger partial charge in [-0.2, -0.15) is 0 Å². The second-order valence-corrected chi connectivity index (χ2v) is 5.80. The first-order valence-electron chi connectivity index (χ1n) is 8.23. The Morgan fingerprint density at radius 2 is 1.96 bits per heavy atom. The van der Waals surface area contributed by atoms with E-state index in [1.807, 2.05) is 13.8 Å². The maximum absolute atomic E-state index is 12.1. The van der Waals surface area contributed by atoms with Gasteiger partial charge in [-0.15, -0.1) is 0 Å². The zero-order valence-corrected chi connectivity index (χ0v) is 15.8. The normalized spacial score (nSPS) is 11.5. The highest BCUT2D eigenvalue weighted by molar-refractivity contribution is 7.80. The first kappa shape index (κ1) is 21.3. The molecule has 0 aliphatic heterocycles. The predicted molar refractivity (Wildman–Crippen MR) is 104 cm³/mol. The van der Waals surface area contributed by atoms with Crippen molar-refractivity contribution in [2.45, 2.75) is 33.2 Å². The summed E-state index contributed by atoms with van der Waals surface area (Å²) in [4.78, 5) is 35.0. The van der Waals surface area contributed by atoms with Gasteiger partial charge in [0.25, 0.3) is 5.91 Å². The number of rotatable bonds is 7. The molecule has 0 aliphatic carbocycles. The minimum atomic E-state index is -0.610. The monoisotopic (exact) mass is 377 g/mol. The maximum Gasteiger partial charge on any atom is 0.330 e. The van der Waals surface area contributed by atoms with Crippen molar-refractivity contribution in [1.82, 2.24) is 10.6 Å². The minimum Gasteiger partial charge on any atom is -0.463 e. The lowest BCUT2D eigenvalue weighted by molar-refractivity contribution is -0.137. The third-order valence-corrected chi connectivity index (χ3v) is 3.47. The average molecular weight is 377 g/mol. The molecule has 0 bridgehead atoms. The van der Waals surface area contributed by atoms with E-state index in [0.29, 0.717) is 11.3 Å². The van der Waals surface area contributed by atoms with Crippen molar-refractivity contribution >= 4 is 40.8 Å². The Morgan fingerprint density at radius 3 is 2.62 bits per heavy atom. The van der Waals surface area contributed by atoms with Crippen molar-refractivity contribution in [1.29, 1.82) is 0 Å². The van der Waals surface area contributed by atoms with Crippen LogP contribution in [0.3, 0.4) is 0 Å². The van der Waals surface area contributed by atoms with Gasteiger partial charge < -0.3 is 15.4 Å². The Kier molecular flexibility index (Phi) is 9.00. The molecule has 3 N–H and O–H groups in total. The van der Waals surface area contributed by atoms with Crippen molar-refractivity contribution in [3.8, 4) is 0 Å². The molecule has 0 fully saturated rings. The highest BCUT2D eigenvalue weighted by Gasteiger charge is 2.10. The van der Waals surface area contributed by atoms with Crippen molar-refractivity contribution in [3.63, 3.8) is 0 Å². The summed E-state index contributed by atoms with van der Waals surface area (Å²) < 4.78 is 4.67. The van der Waals surface area contributed by atoms with Gasteiger partial charge in [0.15, 0.2) is 5.11 Å². The fourth-order valence-electron chi connectivity index (χ4n) is 1.80. The zero-order valence-electron chi connectivity index (χ0n) is 15.0. The summed E-state index contributed by atoms with van der Waals surface area (Å²) in [5.74, 6) is -1.36. The topological polar surface area (TPSA) is 96.5 Å². The zero-order chi connectivity index (χ0) is 19.5. The SMILES string of the molecule is CCOC(=O)/C=C/C(=O)NC(=S)Nc1cccc(C(=O)NC(C)CC)c1. The van der Waals surface area contributed by atoms with Crippen molar-refractivity contribution in [3.05, 3.63) is 42.0 Å². The van der Waals surface area contributed by atoms with Gasteiger partial charge in [-0.3, -0.25) is 14.9 Å². The Balaban J connectivity index is 2.61. The summed E-state index contributed by atoms with van der Waals surface area (Å²) in [5.41, 5.74) is 1.04. The Labute approximate surface area is 158 Å². The maximum atomic E-state index is 12.1. The molecule has 1 aromatic carbocycles. The van der Waals surface area contributed by atoms with Crippen LogP contribution in [0.2, 0.25) is 0 Å². The first-order valence-corrected chi connectivity index (χ1v) is 8.64. The van der Waals surface area contributed by atoms with Gasteiger partial charge >= 0.3 is 5.97 Å². The van der Waals surface area contributed by atoms with E-state index < -0.39 is 11.9 Å². The lowest BCUT2D eigenvalue weighted by Gasteiger charge is -2.13. The number of hydrogen-bond acceptors (Lipinski definition) is 5. The first-order chi connectivity index (χ1) is 12.3. The molecule has 0 heterocycles. The van der Waals surface area contributed by atoms with Gasteiger partial charge in [-0.1, -0.05) is 13.0 Å². The van der Waals surface area contributed by atoms with Crippen LogP contribution in [0.4, 0.5) is 5.69 Å². The molecular weight excluding hydrogens is 354 g/mol. The van der Waals surface area contributed by atoms with E-state index in [9.17, 15) is 14.4 Å². The number of esters is 1. The van der Waals surface area contributed by atoms with Gasteiger partial charge in [0.1, 0.15) is 0 Å². The van der Waals surface area contributed by atoms with E-state index in [1.54, 1.807) is 31.2 Å². The third kappa shape index (κ3) is 7.89. The van der Waals surface area contributed by atoms with Crippen LogP contribution in [0.5, 0.6) is 0 Å². The van der Waals surface area contributed by atoms with Gasteiger partial charge in [-0.05, 0) is 50.7 Å². The quantitative estimate of drug-likeness (QED) is 0.383. The van der Waals surface area contributed by atoms with Crippen LogP contribution in [0.25, 0.3) is 0 Å². The van der Waals surface area contributed by atoms with E-state index >= 15 is 0 Å². The molecule has 2 amide bonds. The molecule has 1 aromatic rings. The van der Waals surface area contributed by atoms with Gasteiger partial charge in [0.2, 0.25) is 5.91 Å². The Bertz CT molecular complexity index is 703. The fourth-order valence-corrected chi connectivity index (χ4v) is 2.02. The largest absolute Gasteiger partial charge is 0.463 e. The molecule has 140 valence electrons. The third-order valence-electron chi connectivity index (χ3n) is 3.27. The fraction of sp³-hybridized carbons (Fsp3) is 0.333. The summed E-state index contributed by atoms with van der Waals surface area (Å²) in [5, 5.41) is 8.14. The second kappa shape index (κ2) is 11.0. The van der Waals surface area contributed by atoms with E-state index in [2.05, 4.69) is 20.7 Å². The smallest absolute Gasteiger partial charge is 0.330 e. The van der Waals surface area contributed by atoms with E-state index in [4.69, 9.17) is 12.2 Å². The van der Waals surface area contributed by atoms with Crippen LogP contribution in [0, 0.1) is 0 Å². The molecule has 1 unspecified atom stereocenters. The van der Waals surface area contributed by atoms with Crippen LogP contribution >= 0.6 is 12.2 Å². The summed E-state index contributed by atoms with van der Waals surface area (Å²) in [7, 11) is 0. The minimum absolute atomic E-state index is 0.0444. The molecule has 0 aromatic heterocycles. The van der Waals surface area contributed by atoms with Crippen LogP contribution < -0.4 is 16.0 Å². The Morgan fingerprint density at radius 1 is 1.23 bits per heavy atom. The van der Waals surface area contributed by atoms with E-state index in [-0.39, 0.29) is 23.7 Å². The van der Waals surface area contributed by atoms with Crippen LogP contribution in [0.1, 0.15) is 37.6 Å². The molecule has 0 aliphatic rings. The molecule has 0 saturated carbocycles. The lowest BCUT2D eigenvalue weighted by atomic mass is 10.1. The van der Waals surface area contributed by atoms with Crippen LogP contribution in [-0.4, -0.2) is 35.5 Å². The predicted octanol–water partition coefficient (Wildman–Crippen LogP) is 2.15. The summed E-state index contributed by atoms with van der Waals surface area (Å²) in [6.45, 7) is 5.81. The Hall–Kier alpha value is -2.74. The summed E-state index contributed by atoms with van der Waals surface area (Å²) >= 11 is 5.05. The molecular formula is C18H23N3O4S. The summed E-state index contributed by atoms with van der Waals surface area (Å²) in [6, 6.07) is 6.81. The van der Waals surface area contributed by atoms with Gasteiger partial charge in [-0.25, -0.2) is 4.79 Å². The molecule has 1 atom stereocenters. The van der Waals surface area contributed by atoms with Crippen LogP contribution in [-0.2, 0) is 14.3 Å². The number of benzene rings is 1. The summed E-state index contributed by atoms with van der Waals surface area (Å²) in [6.07, 6.45) is 2.88. The molecule has 26 heavy (non-hydrogen) atoms. The number of carbonyl (C=O) groups is 3. The molecule has 0 spiro atoms. The number of ether oxygens (including phenoxy) is 1. The number of carbonyl (C=O) groups excluding carboxylic acids is 3. The molecule has 8 heteroatoms. The number of thiocarbonyl (C=S) groups is 1. The van der Waals surface area contributed by atoms with Gasteiger partial charge in [0.05, 0.1) is 6.61 Å². The number of nitrogens with one attached hydrogen (secondary N) is 3. The molecule has 0 radical (unpaired) electrons. The molecule has 7 nitrogen and oxygen atoms in total. The highest BCUT2D eigenvalue weighted by atomic mass is 32.1. The van der Waals surface area contributed by atoms with Crippen molar-refractivity contribution in [2.75, 3.05) is 11.9 Å². The molecule has 1 rings (SSSR count). The highest BCUT2D eigenvalue weighted by Crippen LogP contribution is 2.11. The number of anilines is 1. The average Bonchev–Trinajstić information content (AvgIpc) is 2.60. The van der Waals surface area contributed by atoms with Crippen molar-refractivity contribution in [2.24, 2.45) is 0 Å².